The second kappa shape index (κ2) is 4.63. The van der Waals surface area contributed by atoms with E-state index in [1.54, 1.807) is 11.9 Å². The second-order valence-corrected chi connectivity index (χ2v) is 5.28. The molecule has 0 aliphatic heterocycles. The first kappa shape index (κ1) is 12.9. The highest BCUT2D eigenvalue weighted by Gasteiger charge is 2.24. The third-order valence-corrected chi connectivity index (χ3v) is 3.84. The van der Waals surface area contributed by atoms with E-state index >= 15 is 0 Å². The van der Waals surface area contributed by atoms with Gasteiger partial charge in [0.25, 0.3) is 5.56 Å². The topological polar surface area (TPSA) is 47.2 Å². The van der Waals surface area contributed by atoms with Gasteiger partial charge in [0.05, 0.1) is 0 Å². The van der Waals surface area contributed by atoms with Gasteiger partial charge in [-0.25, -0.2) is 4.79 Å². The largest absolute Gasteiger partial charge is 0.372 e. The average Bonchev–Trinajstić information content (AvgIpc) is 2.79. The van der Waals surface area contributed by atoms with Crippen molar-refractivity contribution in [2.45, 2.75) is 38.6 Å². The van der Waals surface area contributed by atoms with Crippen molar-refractivity contribution in [1.82, 2.24) is 9.13 Å². The van der Waals surface area contributed by atoms with E-state index in [2.05, 4.69) is 0 Å². The molecule has 0 saturated heterocycles. The van der Waals surface area contributed by atoms with Crippen LogP contribution in [0.5, 0.6) is 0 Å². The molecule has 0 amide bonds. The Hall–Kier alpha value is -1.52. The molecule has 1 aromatic rings. The Kier molecular flexibility index (Phi) is 3.32. The summed E-state index contributed by atoms with van der Waals surface area (Å²) in [6, 6.07) is 0.253. The van der Waals surface area contributed by atoms with E-state index in [4.69, 9.17) is 0 Å². The highest BCUT2D eigenvalue weighted by molar-refractivity contribution is 5.47. The zero-order valence-corrected chi connectivity index (χ0v) is 11.6. The first-order chi connectivity index (χ1) is 8.45. The molecule has 5 heteroatoms. The van der Waals surface area contributed by atoms with E-state index in [0.717, 1.165) is 31.4 Å². The van der Waals surface area contributed by atoms with Gasteiger partial charge in [0.2, 0.25) is 0 Å². The Bertz CT molecular complexity index is 563. The summed E-state index contributed by atoms with van der Waals surface area (Å²) in [5, 5.41) is 0. The number of aromatic nitrogens is 2. The molecule has 0 radical (unpaired) electrons. The Morgan fingerprint density at radius 1 is 1.17 bits per heavy atom. The standard InChI is InChI=1S/C13H21N3O2/c1-9-11(14(2)3)12(17)15(4)13(18)16(9)10-7-5-6-8-10/h10H,5-8H2,1-4H3. The zero-order chi connectivity index (χ0) is 13.4. The van der Waals surface area contributed by atoms with E-state index in [9.17, 15) is 9.59 Å². The van der Waals surface area contributed by atoms with Gasteiger partial charge in [-0.15, -0.1) is 0 Å². The van der Waals surface area contributed by atoms with Gasteiger partial charge in [-0.2, -0.15) is 0 Å². The SMILES string of the molecule is Cc1c(N(C)C)c(=O)n(C)c(=O)n1C1CCCC1. The Morgan fingerprint density at radius 3 is 2.22 bits per heavy atom. The van der Waals surface area contributed by atoms with Gasteiger partial charge >= 0.3 is 5.69 Å². The van der Waals surface area contributed by atoms with Gasteiger partial charge in [0, 0.05) is 32.9 Å². The fraction of sp³-hybridized carbons (Fsp3) is 0.692. The van der Waals surface area contributed by atoms with Crippen LogP contribution in [0, 0.1) is 6.92 Å². The molecular formula is C13H21N3O2. The minimum absolute atomic E-state index is 0.185. The molecule has 0 bridgehead atoms. The first-order valence-corrected chi connectivity index (χ1v) is 6.44. The summed E-state index contributed by atoms with van der Waals surface area (Å²) in [6.07, 6.45) is 4.39. The molecule has 0 spiro atoms. The van der Waals surface area contributed by atoms with Gasteiger partial charge < -0.3 is 4.90 Å². The van der Waals surface area contributed by atoms with Crippen molar-refractivity contribution in [3.05, 3.63) is 26.5 Å². The van der Waals surface area contributed by atoms with E-state index < -0.39 is 0 Å². The van der Waals surface area contributed by atoms with Gasteiger partial charge in [-0.3, -0.25) is 13.9 Å². The van der Waals surface area contributed by atoms with Crippen molar-refractivity contribution >= 4 is 5.69 Å². The van der Waals surface area contributed by atoms with E-state index in [0.29, 0.717) is 5.69 Å². The number of hydrogen-bond donors (Lipinski definition) is 0. The van der Waals surface area contributed by atoms with Crippen LogP contribution < -0.4 is 16.1 Å². The highest BCUT2D eigenvalue weighted by Crippen LogP contribution is 2.30. The predicted octanol–water partition coefficient (Wildman–Crippen LogP) is 1.04. The lowest BCUT2D eigenvalue weighted by Gasteiger charge is -2.23. The van der Waals surface area contributed by atoms with Crippen LogP contribution in [0.4, 0.5) is 5.69 Å². The fourth-order valence-corrected chi connectivity index (χ4v) is 2.93. The molecule has 0 unspecified atom stereocenters. The number of nitrogens with zero attached hydrogens (tertiary/aromatic N) is 3. The van der Waals surface area contributed by atoms with Crippen LogP contribution in [0.25, 0.3) is 0 Å². The van der Waals surface area contributed by atoms with Crippen molar-refractivity contribution in [1.29, 1.82) is 0 Å². The Labute approximate surface area is 107 Å². The summed E-state index contributed by atoms with van der Waals surface area (Å²) in [4.78, 5) is 26.2. The summed E-state index contributed by atoms with van der Waals surface area (Å²) >= 11 is 0. The zero-order valence-electron chi connectivity index (χ0n) is 11.6. The molecule has 1 fully saturated rings. The molecule has 0 N–H and O–H groups in total. The van der Waals surface area contributed by atoms with Gasteiger partial charge in [0.1, 0.15) is 5.69 Å². The van der Waals surface area contributed by atoms with Crippen LogP contribution in [0.1, 0.15) is 37.4 Å². The van der Waals surface area contributed by atoms with Crippen LogP contribution in [-0.2, 0) is 7.05 Å². The lowest BCUT2D eigenvalue weighted by molar-refractivity contribution is 0.463. The molecule has 0 aromatic carbocycles. The van der Waals surface area contributed by atoms with Crippen molar-refractivity contribution in [2.75, 3.05) is 19.0 Å². The summed E-state index contributed by atoms with van der Waals surface area (Å²) in [7, 11) is 5.24. The van der Waals surface area contributed by atoms with Crippen LogP contribution in [0.2, 0.25) is 0 Å². The van der Waals surface area contributed by atoms with Gasteiger partial charge in [0.15, 0.2) is 0 Å². The van der Waals surface area contributed by atoms with E-state index in [-0.39, 0.29) is 17.3 Å². The average molecular weight is 251 g/mol. The minimum Gasteiger partial charge on any atom is -0.372 e. The molecule has 0 atom stereocenters. The number of anilines is 1. The second-order valence-electron chi connectivity index (χ2n) is 5.28. The molecule has 1 aliphatic carbocycles. The maximum Gasteiger partial charge on any atom is 0.331 e. The van der Waals surface area contributed by atoms with Crippen LogP contribution in [-0.4, -0.2) is 23.2 Å². The van der Waals surface area contributed by atoms with Gasteiger partial charge in [-0.05, 0) is 19.8 Å². The highest BCUT2D eigenvalue weighted by atomic mass is 16.2. The Balaban J connectivity index is 2.73. The van der Waals surface area contributed by atoms with Crippen LogP contribution in [0.15, 0.2) is 9.59 Å². The number of hydrogen-bond acceptors (Lipinski definition) is 3. The monoisotopic (exact) mass is 251 g/mol. The maximum atomic E-state index is 12.3. The fourth-order valence-electron chi connectivity index (χ4n) is 2.93. The molecule has 18 heavy (non-hydrogen) atoms. The predicted molar refractivity (Wildman–Crippen MR) is 72.5 cm³/mol. The molecule has 1 aliphatic rings. The minimum atomic E-state index is -0.211. The lowest BCUT2D eigenvalue weighted by atomic mass is 10.2. The van der Waals surface area contributed by atoms with Crippen molar-refractivity contribution in [3.8, 4) is 0 Å². The van der Waals surface area contributed by atoms with Crippen LogP contribution in [0.3, 0.4) is 0 Å². The summed E-state index contributed by atoms with van der Waals surface area (Å²) in [5.74, 6) is 0. The van der Waals surface area contributed by atoms with Crippen molar-refractivity contribution in [3.63, 3.8) is 0 Å². The third-order valence-electron chi connectivity index (χ3n) is 3.84. The molecule has 2 rings (SSSR count). The molecule has 1 aromatic heterocycles. The van der Waals surface area contributed by atoms with Gasteiger partial charge in [-0.1, -0.05) is 12.8 Å². The Morgan fingerprint density at radius 2 is 1.72 bits per heavy atom. The smallest absolute Gasteiger partial charge is 0.331 e. The normalized spacial score (nSPS) is 16.2. The molecule has 1 saturated carbocycles. The van der Waals surface area contributed by atoms with Crippen LogP contribution >= 0.6 is 0 Å². The molecular weight excluding hydrogens is 230 g/mol. The quantitative estimate of drug-likeness (QED) is 0.789. The van der Waals surface area contributed by atoms with Crippen molar-refractivity contribution in [2.24, 2.45) is 7.05 Å². The summed E-state index contributed by atoms with van der Waals surface area (Å²) in [5.41, 5.74) is 1.01. The van der Waals surface area contributed by atoms with E-state index in [1.807, 2.05) is 25.6 Å². The maximum absolute atomic E-state index is 12.3. The molecule has 100 valence electrons. The molecule has 5 nitrogen and oxygen atoms in total. The summed E-state index contributed by atoms with van der Waals surface area (Å²) < 4.78 is 3.03. The molecule has 1 heterocycles. The lowest BCUT2D eigenvalue weighted by Crippen LogP contribution is -2.43. The number of rotatable bonds is 2. The van der Waals surface area contributed by atoms with Crippen molar-refractivity contribution < 1.29 is 0 Å². The summed E-state index contributed by atoms with van der Waals surface area (Å²) in [6.45, 7) is 1.87. The third kappa shape index (κ3) is 1.87. The first-order valence-electron chi connectivity index (χ1n) is 6.44. The van der Waals surface area contributed by atoms with E-state index in [1.165, 1.54) is 4.57 Å².